The fraction of sp³-hybridized carbons (Fsp3) is 0.231. The number of anilines is 1. The summed E-state index contributed by atoms with van der Waals surface area (Å²) in [7, 11) is 0. The van der Waals surface area contributed by atoms with Crippen molar-refractivity contribution in [1.29, 1.82) is 5.26 Å². The minimum absolute atomic E-state index is 0.477. The van der Waals surface area contributed by atoms with Crippen molar-refractivity contribution < 1.29 is 4.74 Å². The SMILES string of the molecule is CCCn1cc(Oc2cc(C#N)ccc2N)cn1. The van der Waals surface area contributed by atoms with Crippen LogP contribution in [0.3, 0.4) is 0 Å². The van der Waals surface area contributed by atoms with Gasteiger partial charge in [-0.25, -0.2) is 0 Å². The van der Waals surface area contributed by atoms with Gasteiger partial charge in [-0.3, -0.25) is 4.68 Å². The van der Waals surface area contributed by atoms with Crippen LogP contribution >= 0.6 is 0 Å². The van der Waals surface area contributed by atoms with E-state index >= 15 is 0 Å². The molecule has 1 heterocycles. The third-order valence-corrected chi connectivity index (χ3v) is 2.43. The monoisotopic (exact) mass is 242 g/mol. The Hall–Kier alpha value is -2.48. The molecule has 0 bridgehead atoms. The second-order valence-corrected chi connectivity index (χ2v) is 3.91. The van der Waals surface area contributed by atoms with Crippen LogP contribution in [0, 0.1) is 11.3 Å². The highest BCUT2D eigenvalue weighted by atomic mass is 16.5. The largest absolute Gasteiger partial charge is 0.452 e. The Morgan fingerprint density at radius 3 is 3.06 bits per heavy atom. The van der Waals surface area contributed by atoms with Crippen molar-refractivity contribution in [2.75, 3.05) is 5.73 Å². The molecule has 92 valence electrons. The van der Waals surface area contributed by atoms with E-state index in [2.05, 4.69) is 12.0 Å². The molecule has 18 heavy (non-hydrogen) atoms. The maximum absolute atomic E-state index is 8.83. The summed E-state index contributed by atoms with van der Waals surface area (Å²) in [4.78, 5) is 0. The second kappa shape index (κ2) is 5.23. The van der Waals surface area contributed by atoms with E-state index in [1.165, 1.54) is 0 Å². The highest BCUT2D eigenvalue weighted by Crippen LogP contribution is 2.27. The smallest absolute Gasteiger partial charge is 0.165 e. The van der Waals surface area contributed by atoms with Gasteiger partial charge < -0.3 is 10.5 Å². The van der Waals surface area contributed by atoms with Gasteiger partial charge in [-0.15, -0.1) is 0 Å². The number of benzene rings is 1. The lowest BCUT2D eigenvalue weighted by Crippen LogP contribution is -1.95. The van der Waals surface area contributed by atoms with Crippen molar-refractivity contribution in [3.05, 3.63) is 36.2 Å². The molecule has 0 aliphatic carbocycles. The van der Waals surface area contributed by atoms with Gasteiger partial charge in [-0.05, 0) is 18.6 Å². The van der Waals surface area contributed by atoms with Crippen LogP contribution in [0.1, 0.15) is 18.9 Å². The zero-order valence-corrected chi connectivity index (χ0v) is 10.1. The Morgan fingerprint density at radius 2 is 2.33 bits per heavy atom. The van der Waals surface area contributed by atoms with Crippen LogP contribution in [0.4, 0.5) is 5.69 Å². The van der Waals surface area contributed by atoms with Gasteiger partial charge in [0.15, 0.2) is 11.5 Å². The van der Waals surface area contributed by atoms with Gasteiger partial charge >= 0.3 is 0 Å². The predicted molar refractivity (Wildman–Crippen MR) is 68.2 cm³/mol. The molecule has 2 N–H and O–H groups in total. The van der Waals surface area contributed by atoms with Gasteiger partial charge in [0, 0.05) is 12.6 Å². The first-order valence-corrected chi connectivity index (χ1v) is 5.73. The third-order valence-electron chi connectivity index (χ3n) is 2.43. The molecule has 0 atom stereocenters. The maximum atomic E-state index is 8.83. The first kappa shape index (κ1) is 12.0. The molecule has 0 spiro atoms. The molecule has 2 rings (SSSR count). The molecular weight excluding hydrogens is 228 g/mol. The van der Waals surface area contributed by atoms with Crippen molar-refractivity contribution >= 4 is 5.69 Å². The predicted octanol–water partition coefficient (Wildman–Crippen LogP) is 2.54. The summed E-state index contributed by atoms with van der Waals surface area (Å²) in [6.45, 7) is 2.92. The van der Waals surface area contributed by atoms with Gasteiger partial charge in [0.25, 0.3) is 0 Å². The number of nitrogen functional groups attached to an aromatic ring is 1. The zero-order chi connectivity index (χ0) is 13.0. The molecule has 5 nitrogen and oxygen atoms in total. The highest BCUT2D eigenvalue weighted by molar-refractivity contribution is 5.57. The summed E-state index contributed by atoms with van der Waals surface area (Å²) in [5.41, 5.74) is 6.81. The number of aromatic nitrogens is 2. The van der Waals surface area contributed by atoms with Crippen molar-refractivity contribution in [1.82, 2.24) is 9.78 Å². The first-order valence-electron chi connectivity index (χ1n) is 5.73. The van der Waals surface area contributed by atoms with Crippen LogP contribution in [0.25, 0.3) is 0 Å². The highest BCUT2D eigenvalue weighted by Gasteiger charge is 2.05. The lowest BCUT2D eigenvalue weighted by Gasteiger charge is -2.06. The number of nitrogens with two attached hydrogens (primary N) is 1. The van der Waals surface area contributed by atoms with Crippen molar-refractivity contribution in [3.8, 4) is 17.6 Å². The molecule has 0 saturated heterocycles. The van der Waals surface area contributed by atoms with E-state index in [0.717, 1.165) is 13.0 Å². The summed E-state index contributed by atoms with van der Waals surface area (Å²) in [6, 6.07) is 6.98. The van der Waals surface area contributed by atoms with E-state index in [0.29, 0.717) is 22.7 Å². The molecule has 0 aliphatic rings. The molecule has 0 saturated carbocycles. The average molecular weight is 242 g/mol. The molecule has 0 amide bonds. The van der Waals surface area contributed by atoms with E-state index in [1.54, 1.807) is 29.1 Å². The number of hydrogen-bond donors (Lipinski definition) is 1. The fourth-order valence-electron chi connectivity index (χ4n) is 1.57. The molecular formula is C13H14N4O. The standard InChI is InChI=1S/C13H14N4O/c1-2-5-17-9-11(8-16-17)18-13-6-10(7-14)3-4-12(13)15/h3-4,6,8-9H,2,5,15H2,1H3. The van der Waals surface area contributed by atoms with E-state index < -0.39 is 0 Å². The van der Waals surface area contributed by atoms with E-state index in [9.17, 15) is 0 Å². The van der Waals surface area contributed by atoms with E-state index in [1.807, 2.05) is 12.3 Å². The second-order valence-electron chi connectivity index (χ2n) is 3.91. The number of nitriles is 1. The Bertz CT molecular complexity index is 583. The molecule has 2 aromatic rings. The van der Waals surface area contributed by atoms with E-state index in [-0.39, 0.29) is 0 Å². The van der Waals surface area contributed by atoms with Crippen LogP contribution in [-0.4, -0.2) is 9.78 Å². The lowest BCUT2D eigenvalue weighted by atomic mass is 10.2. The van der Waals surface area contributed by atoms with Crippen LogP contribution in [-0.2, 0) is 6.54 Å². The first-order chi connectivity index (χ1) is 8.72. The van der Waals surface area contributed by atoms with Crippen molar-refractivity contribution in [3.63, 3.8) is 0 Å². The third kappa shape index (κ3) is 2.61. The normalized spacial score (nSPS) is 10.0. The van der Waals surface area contributed by atoms with Crippen LogP contribution in [0.5, 0.6) is 11.5 Å². The van der Waals surface area contributed by atoms with Crippen molar-refractivity contribution in [2.24, 2.45) is 0 Å². The van der Waals surface area contributed by atoms with Gasteiger partial charge in [-0.2, -0.15) is 10.4 Å². The quantitative estimate of drug-likeness (QED) is 0.836. The topological polar surface area (TPSA) is 76.9 Å². The Kier molecular flexibility index (Phi) is 3.49. The molecule has 1 aromatic heterocycles. The molecule has 0 aliphatic heterocycles. The zero-order valence-electron chi connectivity index (χ0n) is 10.1. The van der Waals surface area contributed by atoms with Gasteiger partial charge in [0.05, 0.1) is 29.7 Å². The molecule has 1 aromatic carbocycles. The Balaban J connectivity index is 2.20. The maximum Gasteiger partial charge on any atom is 0.165 e. The fourth-order valence-corrected chi connectivity index (χ4v) is 1.57. The van der Waals surface area contributed by atoms with Crippen LogP contribution in [0.15, 0.2) is 30.6 Å². The van der Waals surface area contributed by atoms with Crippen LogP contribution in [0.2, 0.25) is 0 Å². The number of hydrogen-bond acceptors (Lipinski definition) is 4. The van der Waals surface area contributed by atoms with E-state index in [4.69, 9.17) is 15.7 Å². The number of ether oxygens (including phenoxy) is 1. The Morgan fingerprint density at radius 1 is 1.50 bits per heavy atom. The minimum Gasteiger partial charge on any atom is -0.452 e. The van der Waals surface area contributed by atoms with Gasteiger partial charge in [0.1, 0.15) is 0 Å². The molecule has 0 unspecified atom stereocenters. The molecule has 0 radical (unpaired) electrons. The molecule has 0 fully saturated rings. The van der Waals surface area contributed by atoms with Crippen molar-refractivity contribution in [2.45, 2.75) is 19.9 Å². The van der Waals surface area contributed by atoms with Crippen LogP contribution < -0.4 is 10.5 Å². The number of rotatable bonds is 4. The molecule has 5 heteroatoms. The number of aryl methyl sites for hydroxylation is 1. The average Bonchev–Trinajstić information content (AvgIpc) is 2.80. The summed E-state index contributed by atoms with van der Waals surface area (Å²) < 4.78 is 7.42. The van der Waals surface area contributed by atoms with Gasteiger partial charge in [-0.1, -0.05) is 6.92 Å². The summed E-state index contributed by atoms with van der Waals surface area (Å²) in [5.74, 6) is 1.09. The minimum atomic E-state index is 0.477. The number of nitrogens with zero attached hydrogens (tertiary/aromatic N) is 3. The van der Waals surface area contributed by atoms with Gasteiger partial charge in [0.2, 0.25) is 0 Å². The summed E-state index contributed by atoms with van der Waals surface area (Å²) in [6.07, 6.45) is 4.45. The summed E-state index contributed by atoms with van der Waals surface area (Å²) in [5, 5.41) is 13.0. The Labute approximate surface area is 105 Å². The summed E-state index contributed by atoms with van der Waals surface area (Å²) >= 11 is 0. The lowest BCUT2D eigenvalue weighted by molar-refractivity contribution is 0.483.